The average Bonchev–Trinajstić information content (AvgIpc) is 2.94. The third kappa shape index (κ3) is 5.91. The van der Waals surface area contributed by atoms with Crippen LogP contribution in [0.4, 0.5) is 35.1 Å². The molecule has 0 spiro atoms. The number of benzene rings is 3. The third-order valence-electron chi connectivity index (χ3n) is 9.14. The molecule has 41 heavy (non-hydrogen) atoms. The normalized spacial score (nSPS) is 23.6. The van der Waals surface area contributed by atoms with E-state index in [1.807, 2.05) is 0 Å². The number of alkyl halides is 2. The maximum atomic E-state index is 15.6. The van der Waals surface area contributed by atoms with Crippen LogP contribution < -0.4 is 4.74 Å². The van der Waals surface area contributed by atoms with Crippen molar-refractivity contribution in [1.82, 2.24) is 0 Å². The number of rotatable bonds is 7. The van der Waals surface area contributed by atoms with Gasteiger partial charge >= 0.3 is 6.11 Å². The van der Waals surface area contributed by atoms with Crippen molar-refractivity contribution in [1.29, 1.82) is 0 Å². The Kier molecular flexibility index (Phi) is 8.53. The summed E-state index contributed by atoms with van der Waals surface area (Å²) in [5, 5.41) is -1.06. The first-order chi connectivity index (χ1) is 19.5. The zero-order valence-corrected chi connectivity index (χ0v) is 22.7. The predicted molar refractivity (Wildman–Crippen MR) is 140 cm³/mol. The van der Waals surface area contributed by atoms with E-state index in [-0.39, 0.29) is 29.0 Å². The second kappa shape index (κ2) is 11.8. The predicted octanol–water partition coefficient (Wildman–Crippen LogP) is 10.7. The van der Waals surface area contributed by atoms with Gasteiger partial charge in [-0.3, -0.25) is 0 Å². The van der Waals surface area contributed by atoms with Gasteiger partial charge in [-0.05, 0) is 79.2 Å². The standard InChI is InChI=1S/C32H32F8O/c1-2-3-17-4-6-18(7-5-17)19-8-10-20(11-9-19)23-13-12-21-14-24(29(36)31(38)27(21)28(23)35)32(39,40)41-22-15-25(33)30(37)26(34)16-22/h12-20H,2-11H2,1H3. The fourth-order valence-electron chi connectivity index (χ4n) is 6.98. The van der Waals surface area contributed by atoms with Crippen molar-refractivity contribution in [2.24, 2.45) is 17.8 Å². The van der Waals surface area contributed by atoms with Crippen LogP contribution in [-0.4, -0.2) is 0 Å². The van der Waals surface area contributed by atoms with E-state index in [0.717, 1.165) is 18.8 Å². The lowest BCUT2D eigenvalue weighted by atomic mass is 9.68. The van der Waals surface area contributed by atoms with Crippen molar-refractivity contribution in [2.45, 2.75) is 83.2 Å². The minimum atomic E-state index is -4.61. The largest absolute Gasteiger partial charge is 0.429 e. The Balaban J connectivity index is 1.34. The highest BCUT2D eigenvalue weighted by Gasteiger charge is 2.41. The Morgan fingerprint density at radius 2 is 1.29 bits per heavy atom. The fourth-order valence-corrected chi connectivity index (χ4v) is 6.98. The molecule has 5 rings (SSSR count). The number of ether oxygens (including phenoxy) is 1. The fraction of sp³-hybridized carbons (Fsp3) is 0.500. The van der Waals surface area contributed by atoms with Gasteiger partial charge in [0.25, 0.3) is 0 Å². The maximum Gasteiger partial charge on any atom is 0.429 e. The van der Waals surface area contributed by atoms with Crippen LogP contribution in [-0.2, 0) is 6.11 Å². The summed E-state index contributed by atoms with van der Waals surface area (Å²) in [6.07, 6.45) is 6.09. The molecular formula is C32H32F8O. The zero-order valence-electron chi connectivity index (χ0n) is 22.7. The van der Waals surface area contributed by atoms with Crippen molar-refractivity contribution in [3.8, 4) is 5.75 Å². The molecule has 9 heteroatoms. The number of hydrogen-bond acceptors (Lipinski definition) is 1. The van der Waals surface area contributed by atoms with E-state index in [1.165, 1.54) is 50.7 Å². The van der Waals surface area contributed by atoms with Crippen LogP contribution in [0.1, 0.15) is 88.2 Å². The lowest BCUT2D eigenvalue weighted by molar-refractivity contribution is -0.187. The Hall–Kier alpha value is -2.84. The van der Waals surface area contributed by atoms with Crippen LogP contribution in [0.15, 0.2) is 30.3 Å². The van der Waals surface area contributed by atoms with E-state index in [1.54, 1.807) is 0 Å². The first-order valence-corrected chi connectivity index (χ1v) is 14.3. The topological polar surface area (TPSA) is 9.23 Å². The molecule has 0 bridgehead atoms. The van der Waals surface area contributed by atoms with E-state index in [4.69, 9.17) is 0 Å². The number of fused-ring (bicyclic) bond motifs is 1. The van der Waals surface area contributed by atoms with Crippen LogP contribution >= 0.6 is 0 Å². The lowest BCUT2D eigenvalue weighted by Gasteiger charge is -2.38. The summed E-state index contributed by atoms with van der Waals surface area (Å²) in [6.45, 7) is 2.21. The molecule has 0 unspecified atom stereocenters. The number of halogens is 8. The van der Waals surface area contributed by atoms with Gasteiger partial charge in [-0.1, -0.05) is 44.7 Å². The first kappa shape index (κ1) is 29.6. The average molecular weight is 585 g/mol. The molecule has 0 aromatic heterocycles. The molecule has 0 aliphatic heterocycles. The molecule has 3 aromatic rings. The maximum absolute atomic E-state index is 15.6. The van der Waals surface area contributed by atoms with Crippen LogP contribution in [0.25, 0.3) is 10.8 Å². The monoisotopic (exact) mass is 584 g/mol. The molecule has 0 saturated heterocycles. The first-order valence-electron chi connectivity index (χ1n) is 14.3. The molecule has 2 aliphatic rings. The van der Waals surface area contributed by atoms with E-state index >= 15 is 8.78 Å². The van der Waals surface area contributed by atoms with Crippen LogP contribution in [0.3, 0.4) is 0 Å². The molecule has 0 radical (unpaired) electrons. The minimum absolute atomic E-state index is 0.153. The number of hydrogen-bond donors (Lipinski definition) is 0. The van der Waals surface area contributed by atoms with Gasteiger partial charge in [0.2, 0.25) is 0 Å². The Morgan fingerprint density at radius 1 is 0.707 bits per heavy atom. The lowest BCUT2D eigenvalue weighted by Crippen LogP contribution is -2.25. The van der Waals surface area contributed by atoms with Gasteiger partial charge in [-0.2, -0.15) is 8.78 Å². The van der Waals surface area contributed by atoms with Gasteiger partial charge in [-0.15, -0.1) is 0 Å². The summed E-state index contributed by atoms with van der Waals surface area (Å²) >= 11 is 0. The molecule has 0 N–H and O–H groups in total. The molecule has 0 heterocycles. The summed E-state index contributed by atoms with van der Waals surface area (Å²) in [5.74, 6) is -9.64. The van der Waals surface area contributed by atoms with Gasteiger partial charge in [0.1, 0.15) is 17.1 Å². The molecule has 2 aliphatic carbocycles. The highest BCUT2D eigenvalue weighted by molar-refractivity contribution is 5.85. The second-order valence-electron chi connectivity index (χ2n) is 11.6. The molecule has 2 saturated carbocycles. The smallest absolute Gasteiger partial charge is 0.429 e. The Bertz CT molecular complexity index is 1380. The van der Waals surface area contributed by atoms with Crippen molar-refractivity contribution in [3.63, 3.8) is 0 Å². The van der Waals surface area contributed by atoms with Crippen LogP contribution in [0.2, 0.25) is 0 Å². The van der Waals surface area contributed by atoms with Gasteiger partial charge < -0.3 is 4.74 Å². The third-order valence-corrected chi connectivity index (χ3v) is 9.14. The molecule has 3 aromatic carbocycles. The summed E-state index contributed by atoms with van der Waals surface area (Å²) < 4.78 is 120. The Labute approximate surface area is 233 Å². The second-order valence-corrected chi connectivity index (χ2v) is 11.6. The van der Waals surface area contributed by atoms with Gasteiger partial charge in [0.15, 0.2) is 29.1 Å². The SMILES string of the molecule is CCCC1CCC(C2CCC(c3ccc4cc(C(F)(F)Oc5cc(F)c(F)c(F)c5)c(F)c(F)c4c3F)CC2)CC1. The van der Waals surface area contributed by atoms with Gasteiger partial charge in [-0.25, -0.2) is 26.3 Å². The van der Waals surface area contributed by atoms with E-state index in [0.29, 0.717) is 30.7 Å². The minimum Gasteiger partial charge on any atom is -0.429 e. The molecule has 0 atom stereocenters. The van der Waals surface area contributed by atoms with Crippen LogP contribution in [0.5, 0.6) is 5.75 Å². The molecule has 222 valence electrons. The van der Waals surface area contributed by atoms with E-state index in [9.17, 15) is 26.3 Å². The van der Waals surface area contributed by atoms with Crippen molar-refractivity contribution < 1.29 is 39.9 Å². The quantitative estimate of drug-likeness (QED) is 0.198. The zero-order chi connectivity index (χ0) is 29.5. The van der Waals surface area contributed by atoms with E-state index < -0.39 is 57.7 Å². The van der Waals surface area contributed by atoms with Crippen molar-refractivity contribution in [2.75, 3.05) is 0 Å². The summed E-state index contributed by atoms with van der Waals surface area (Å²) in [7, 11) is 0. The summed E-state index contributed by atoms with van der Waals surface area (Å²) in [6, 6.07) is 3.53. The highest BCUT2D eigenvalue weighted by atomic mass is 19.3. The molecule has 0 amide bonds. The van der Waals surface area contributed by atoms with Gasteiger partial charge in [0.05, 0.1) is 5.39 Å². The van der Waals surface area contributed by atoms with Crippen molar-refractivity contribution in [3.05, 3.63) is 76.4 Å². The molecule has 2 fully saturated rings. The van der Waals surface area contributed by atoms with Crippen molar-refractivity contribution >= 4 is 10.8 Å². The molecular weight excluding hydrogens is 552 g/mol. The Morgan fingerprint density at radius 3 is 1.88 bits per heavy atom. The summed E-state index contributed by atoms with van der Waals surface area (Å²) in [5.41, 5.74) is -1.36. The van der Waals surface area contributed by atoms with Gasteiger partial charge in [0, 0.05) is 12.1 Å². The van der Waals surface area contributed by atoms with E-state index in [2.05, 4.69) is 11.7 Å². The highest BCUT2D eigenvalue weighted by Crippen LogP contribution is 2.46. The summed E-state index contributed by atoms with van der Waals surface area (Å²) in [4.78, 5) is 0. The molecule has 1 nitrogen and oxygen atoms in total. The van der Waals surface area contributed by atoms with Crippen LogP contribution in [0, 0.1) is 52.7 Å².